The zero-order valence-corrected chi connectivity index (χ0v) is 18.0. The van der Waals surface area contributed by atoms with Crippen molar-refractivity contribution < 1.29 is 14.4 Å². The second-order valence-corrected chi connectivity index (χ2v) is 8.12. The second kappa shape index (κ2) is 7.71. The molecule has 3 aromatic carbocycles. The van der Waals surface area contributed by atoms with Gasteiger partial charge in [-0.05, 0) is 59.4 Å². The fraction of sp³-hybridized carbons (Fsp3) is 0. The maximum atomic E-state index is 13.4. The lowest BCUT2D eigenvalue weighted by molar-refractivity contribution is -0.123. The molecule has 2 amide bonds. The van der Waals surface area contributed by atoms with E-state index in [1.54, 1.807) is 30.5 Å². The fourth-order valence-electron chi connectivity index (χ4n) is 3.73. The lowest BCUT2D eigenvalue weighted by atomic mass is 10.1. The van der Waals surface area contributed by atoms with Gasteiger partial charge >= 0.3 is 0 Å². The van der Waals surface area contributed by atoms with E-state index in [4.69, 9.17) is 23.8 Å². The monoisotopic (exact) mass is 459 g/mol. The van der Waals surface area contributed by atoms with E-state index in [0.717, 1.165) is 10.8 Å². The lowest BCUT2D eigenvalue weighted by Gasteiger charge is -2.16. The molecule has 0 atom stereocenters. The highest BCUT2D eigenvalue weighted by Gasteiger charge is 2.26. The van der Waals surface area contributed by atoms with Gasteiger partial charge < -0.3 is 0 Å². The summed E-state index contributed by atoms with van der Waals surface area (Å²) in [6.45, 7) is 0. The number of rotatable bonds is 2. The van der Waals surface area contributed by atoms with E-state index in [1.807, 2.05) is 36.4 Å². The van der Waals surface area contributed by atoms with E-state index in [-0.39, 0.29) is 16.6 Å². The van der Waals surface area contributed by atoms with Crippen LogP contribution in [0.1, 0.15) is 15.9 Å². The number of nitrogens with one attached hydrogen (secondary N) is 2. The molecule has 156 valence electrons. The Hall–Kier alpha value is -3.81. The van der Waals surface area contributed by atoms with Crippen LogP contribution in [-0.2, 0) is 9.59 Å². The molecule has 1 saturated heterocycles. The molecule has 0 spiro atoms. The number of hydrogen-bond donors (Lipinski definition) is 2. The number of aromatic nitrogens is 1. The van der Waals surface area contributed by atoms with Crippen molar-refractivity contribution in [2.45, 2.75) is 0 Å². The van der Waals surface area contributed by atoms with E-state index < -0.39 is 11.8 Å². The molecule has 1 aromatic heterocycles. The van der Waals surface area contributed by atoms with Crippen LogP contribution < -0.4 is 10.6 Å². The predicted molar refractivity (Wildman–Crippen MR) is 127 cm³/mol. The predicted octanol–water partition coefficient (Wildman–Crippen LogP) is 4.05. The first kappa shape index (κ1) is 20.1. The molecule has 1 fully saturated rings. The molecular weight excluding hydrogens is 446 g/mol. The van der Waals surface area contributed by atoms with Crippen molar-refractivity contribution in [2.24, 2.45) is 0 Å². The molecule has 0 radical (unpaired) electrons. The molecule has 0 saturated carbocycles. The van der Waals surface area contributed by atoms with Gasteiger partial charge in [-0.3, -0.25) is 29.6 Å². The topological polar surface area (TPSA) is 80.2 Å². The number of amides is 2. The summed E-state index contributed by atoms with van der Waals surface area (Å²) in [5.41, 5.74) is 1.50. The Morgan fingerprint density at radius 2 is 1.66 bits per heavy atom. The third-order valence-electron chi connectivity index (χ3n) is 5.26. The van der Waals surface area contributed by atoms with Gasteiger partial charge in [-0.2, -0.15) is 0 Å². The summed E-state index contributed by atoms with van der Waals surface area (Å²) in [5, 5.41) is 7.84. The fourth-order valence-corrected chi connectivity index (χ4v) is 4.09. The van der Waals surface area contributed by atoms with Crippen molar-refractivity contribution in [3.63, 3.8) is 0 Å². The van der Waals surface area contributed by atoms with Crippen molar-refractivity contribution in [1.82, 2.24) is 15.2 Å². The molecule has 2 N–H and O–H groups in total. The molecule has 6 nitrogen and oxygen atoms in total. The molecule has 1 aliphatic heterocycles. The summed E-state index contributed by atoms with van der Waals surface area (Å²) >= 11 is 11.0. The number of carbonyl (C=O) groups is 3. The number of nitrogens with zero attached hydrogens (tertiary/aromatic N) is 1. The molecule has 5 rings (SSSR count). The highest BCUT2D eigenvalue weighted by molar-refractivity contribution is 7.80. The molecule has 0 aliphatic carbocycles. The largest absolute Gasteiger partial charge is 0.299 e. The second-order valence-electron chi connectivity index (χ2n) is 7.28. The number of hydrogen-bond acceptors (Lipinski definition) is 4. The van der Waals surface area contributed by atoms with Crippen LogP contribution in [0.4, 0.5) is 0 Å². The quantitative estimate of drug-likeness (QED) is 0.269. The van der Waals surface area contributed by atoms with Gasteiger partial charge in [0.2, 0.25) is 0 Å². The first-order valence-electron chi connectivity index (χ1n) is 9.63. The van der Waals surface area contributed by atoms with Gasteiger partial charge in [-0.25, -0.2) is 0 Å². The zero-order chi connectivity index (χ0) is 22.4. The van der Waals surface area contributed by atoms with Crippen molar-refractivity contribution in [3.05, 3.63) is 88.6 Å². The van der Waals surface area contributed by atoms with E-state index in [9.17, 15) is 14.4 Å². The number of halogens is 1. The van der Waals surface area contributed by atoms with E-state index >= 15 is 0 Å². The standard InChI is InChI=1S/C24H14ClN3O3S/c25-17-7-8-20-18(11-17)16(10-19-21(29)26-24(32)27-22(19)30)12-28(20)23(31)15-6-5-13-3-1-2-4-14(13)9-15/h1-12H,(H2,26,27,29,30,32). The average Bonchev–Trinajstić information content (AvgIpc) is 3.12. The van der Waals surface area contributed by atoms with E-state index in [0.29, 0.717) is 27.1 Å². The minimum absolute atomic E-state index is 0.0471. The molecule has 4 aromatic rings. The molecular formula is C24H14ClN3O3S. The van der Waals surface area contributed by atoms with Crippen LogP contribution >= 0.6 is 23.8 Å². The average molecular weight is 460 g/mol. The van der Waals surface area contributed by atoms with Crippen molar-refractivity contribution in [1.29, 1.82) is 0 Å². The summed E-state index contributed by atoms with van der Waals surface area (Å²) in [7, 11) is 0. The molecule has 0 unspecified atom stereocenters. The number of carbonyl (C=O) groups excluding carboxylic acids is 3. The SMILES string of the molecule is O=C1NC(=S)NC(=O)C1=Cc1cn(C(=O)c2ccc3ccccc3c2)c2ccc(Cl)cc12. The molecule has 2 heterocycles. The smallest absolute Gasteiger partial charge is 0.263 e. The maximum Gasteiger partial charge on any atom is 0.263 e. The summed E-state index contributed by atoms with van der Waals surface area (Å²) in [4.78, 5) is 38.0. The number of benzene rings is 3. The summed E-state index contributed by atoms with van der Waals surface area (Å²) in [6, 6.07) is 18.4. The zero-order valence-electron chi connectivity index (χ0n) is 16.4. The van der Waals surface area contributed by atoms with Gasteiger partial charge in [0.05, 0.1) is 5.52 Å². The van der Waals surface area contributed by atoms with Gasteiger partial charge in [-0.15, -0.1) is 0 Å². The van der Waals surface area contributed by atoms with Gasteiger partial charge in [0.1, 0.15) is 5.57 Å². The van der Waals surface area contributed by atoms with Crippen LogP contribution in [-0.4, -0.2) is 27.4 Å². The summed E-state index contributed by atoms with van der Waals surface area (Å²) in [6.07, 6.45) is 3.02. The molecule has 0 bridgehead atoms. The van der Waals surface area contributed by atoms with Gasteiger partial charge in [0, 0.05) is 27.7 Å². The minimum atomic E-state index is -0.609. The van der Waals surface area contributed by atoms with Crippen LogP contribution in [0.2, 0.25) is 5.02 Å². The number of fused-ring (bicyclic) bond motifs is 2. The van der Waals surface area contributed by atoms with E-state index in [2.05, 4.69) is 10.6 Å². The Kier molecular flexibility index (Phi) is 4.84. The first-order chi connectivity index (χ1) is 15.4. The molecule has 32 heavy (non-hydrogen) atoms. The molecule has 8 heteroatoms. The van der Waals surface area contributed by atoms with Gasteiger partial charge in [-0.1, -0.05) is 41.9 Å². The minimum Gasteiger partial charge on any atom is -0.299 e. The highest BCUT2D eigenvalue weighted by Crippen LogP contribution is 2.28. The van der Waals surface area contributed by atoms with Crippen molar-refractivity contribution >= 4 is 74.4 Å². The Morgan fingerprint density at radius 1 is 0.938 bits per heavy atom. The molecule has 1 aliphatic rings. The van der Waals surface area contributed by atoms with Gasteiger partial charge in [0.15, 0.2) is 5.11 Å². The number of thiocarbonyl (C=S) groups is 1. The van der Waals surface area contributed by atoms with Gasteiger partial charge in [0.25, 0.3) is 17.7 Å². The third kappa shape index (κ3) is 3.47. The maximum absolute atomic E-state index is 13.4. The van der Waals surface area contributed by atoms with Crippen molar-refractivity contribution in [3.8, 4) is 0 Å². The normalized spacial score (nSPS) is 13.9. The van der Waals surface area contributed by atoms with Crippen LogP contribution in [0.15, 0.2) is 72.4 Å². The Morgan fingerprint density at radius 3 is 2.41 bits per heavy atom. The van der Waals surface area contributed by atoms with Crippen LogP contribution in [0, 0.1) is 0 Å². The lowest BCUT2D eigenvalue weighted by Crippen LogP contribution is -2.51. The summed E-state index contributed by atoms with van der Waals surface area (Å²) in [5.74, 6) is -1.46. The van der Waals surface area contributed by atoms with Crippen molar-refractivity contribution in [2.75, 3.05) is 0 Å². The Labute approximate surface area is 192 Å². The third-order valence-corrected chi connectivity index (χ3v) is 5.69. The van der Waals surface area contributed by atoms with Crippen LogP contribution in [0.5, 0.6) is 0 Å². The Bertz CT molecular complexity index is 1500. The van der Waals surface area contributed by atoms with Crippen LogP contribution in [0.25, 0.3) is 27.8 Å². The van der Waals surface area contributed by atoms with Crippen LogP contribution in [0.3, 0.4) is 0 Å². The highest BCUT2D eigenvalue weighted by atomic mass is 35.5. The summed E-state index contributed by atoms with van der Waals surface area (Å²) < 4.78 is 1.49. The van der Waals surface area contributed by atoms with E-state index in [1.165, 1.54) is 10.6 Å². The first-order valence-corrected chi connectivity index (χ1v) is 10.4. The Balaban J connectivity index is 1.65.